The monoisotopic (exact) mass is 376 g/mol. The molecule has 26 heavy (non-hydrogen) atoms. The Morgan fingerprint density at radius 3 is 3.00 bits per heavy atom. The van der Waals surface area contributed by atoms with E-state index in [1.165, 1.54) is 0 Å². The molecule has 0 radical (unpaired) electrons. The third-order valence-corrected chi connectivity index (χ3v) is 6.17. The van der Waals surface area contributed by atoms with Crippen molar-refractivity contribution in [1.82, 2.24) is 14.9 Å². The first kappa shape index (κ1) is 17.6. The lowest BCUT2D eigenvalue weighted by Gasteiger charge is -2.38. The summed E-state index contributed by atoms with van der Waals surface area (Å²) in [7, 11) is 1.74. The molecule has 0 aromatic carbocycles. The van der Waals surface area contributed by atoms with Gasteiger partial charge in [0.05, 0.1) is 30.7 Å². The summed E-state index contributed by atoms with van der Waals surface area (Å²) in [5, 5.41) is 6.57. The third kappa shape index (κ3) is 3.54. The summed E-state index contributed by atoms with van der Waals surface area (Å²) in [5.74, 6) is 1.09. The van der Waals surface area contributed by atoms with Crippen LogP contribution in [0.25, 0.3) is 10.2 Å². The molecule has 8 heteroatoms. The van der Waals surface area contributed by atoms with E-state index in [9.17, 15) is 4.79 Å². The predicted molar refractivity (Wildman–Crippen MR) is 100 cm³/mol. The van der Waals surface area contributed by atoms with Gasteiger partial charge >= 0.3 is 0 Å². The first-order valence-electron chi connectivity index (χ1n) is 9.10. The highest BCUT2D eigenvalue weighted by atomic mass is 32.1. The summed E-state index contributed by atoms with van der Waals surface area (Å²) in [6.07, 6.45) is 4.15. The highest BCUT2D eigenvalue weighted by molar-refractivity contribution is 7.16. The Bertz CT molecular complexity index is 762. The number of anilines is 1. The van der Waals surface area contributed by atoms with Crippen LogP contribution < -0.4 is 5.32 Å². The van der Waals surface area contributed by atoms with Gasteiger partial charge in [0.2, 0.25) is 5.91 Å². The number of hydrogen-bond acceptors (Lipinski definition) is 7. The molecule has 2 aromatic heterocycles. The van der Waals surface area contributed by atoms with Gasteiger partial charge < -0.3 is 19.7 Å². The third-order valence-electron chi connectivity index (χ3n) is 5.35. The lowest BCUT2D eigenvalue weighted by Crippen LogP contribution is -2.48. The van der Waals surface area contributed by atoms with Gasteiger partial charge in [-0.25, -0.2) is 9.97 Å². The van der Waals surface area contributed by atoms with E-state index in [1.807, 2.05) is 16.3 Å². The van der Waals surface area contributed by atoms with Gasteiger partial charge in [-0.05, 0) is 30.7 Å². The highest BCUT2D eigenvalue weighted by Gasteiger charge is 2.36. The number of carbonyl (C=O) groups excluding carboxylic acids is 1. The van der Waals surface area contributed by atoms with E-state index in [0.717, 1.165) is 35.3 Å². The second kappa shape index (κ2) is 7.85. The Balaban J connectivity index is 1.49. The zero-order chi connectivity index (χ0) is 17.9. The zero-order valence-electron chi connectivity index (χ0n) is 14.9. The number of morpholine rings is 1. The summed E-state index contributed by atoms with van der Waals surface area (Å²) in [6, 6.07) is 2.09. The molecule has 0 spiro atoms. The summed E-state index contributed by atoms with van der Waals surface area (Å²) in [6.45, 7) is 2.67. The molecule has 1 amide bonds. The van der Waals surface area contributed by atoms with E-state index in [1.54, 1.807) is 24.8 Å². The second-order valence-corrected chi connectivity index (χ2v) is 7.73. The number of nitrogens with one attached hydrogen (secondary N) is 1. The number of nitrogens with zero attached hydrogens (tertiary/aromatic N) is 3. The number of rotatable bonds is 4. The minimum Gasteiger partial charge on any atom is -0.379 e. The lowest BCUT2D eigenvalue weighted by molar-refractivity contribution is -0.141. The van der Waals surface area contributed by atoms with Crippen LogP contribution in [0.15, 0.2) is 17.8 Å². The molecular formula is C18H24N4O3S. The van der Waals surface area contributed by atoms with E-state index in [-0.39, 0.29) is 24.0 Å². The van der Waals surface area contributed by atoms with Crippen molar-refractivity contribution in [3.05, 3.63) is 17.8 Å². The zero-order valence-corrected chi connectivity index (χ0v) is 15.7. The van der Waals surface area contributed by atoms with Crippen molar-refractivity contribution in [3.8, 4) is 0 Å². The molecule has 0 unspecified atom stereocenters. The molecule has 1 aliphatic carbocycles. The minimum absolute atomic E-state index is 0.0248. The van der Waals surface area contributed by atoms with Gasteiger partial charge in [-0.1, -0.05) is 0 Å². The molecular weight excluding hydrogens is 352 g/mol. The molecule has 1 saturated carbocycles. The van der Waals surface area contributed by atoms with Crippen molar-refractivity contribution in [2.45, 2.75) is 31.4 Å². The normalized spacial score (nSPS) is 26.8. The van der Waals surface area contributed by atoms with E-state index >= 15 is 0 Å². The highest BCUT2D eigenvalue weighted by Crippen LogP contribution is 2.32. The number of fused-ring (bicyclic) bond motifs is 1. The van der Waals surface area contributed by atoms with Crippen molar-refractivity contribution in [1.29, 1.82) is 0 Å². The first-order valence-corrected chi connectivity index (χ1v) is 9.98. The van der Waals surface area contributed by atoms with Crippen LogP contribution in [0.3, 0.4) is 0 Å². The van der Waals surface area contributed by atoms with Crippen molar-refractivity contribution in [2.24, 2.45) is 5.92 Å². The standard InChI is InChI=1S/C18H24N4O3S/c1-24-15-3-2-12(18(23)22-5-7-25-8-6-22)10-14(15)21-16-13-4-9-26-17(13)20-11-19-16/h4,9,11-12,14-15H,2-3,5-8,10H2,1H3,(H,19,20,21)/t12-,14+,15+/m0/s1. The average molecular weight is 376 g/mol. The molecule has 2 fully saturated rings. The molecule has 4 rings (SSSR count). The molecule has 1 N–H and O–H groups in total. The quantitative estimate of drug-likeness (QED) is 0.881. The largest absolute Gasteiger partial charge is 0.379 e. The van der Waals surface area contributed by atoms with Crippen molar-refractivity contribution in [2.75, 3.05) is 38.7 Å². The van der Waals surface area contributed by atoms with Crippen LogP contribution in [0.4, 0.5) is 5.82 Å². The van der Waals surface area contributed by atoms with Crippen LogP contribution in [-0.4, -0.2) is 66.3 Å². The topological polar surface area (TPSA) is 76.6 Å². The molecule has 1 saturated heterocycles. The van der Waals surface area contributed by atoms with Gasteiger partial charge in [0.1, 0.15) is 17.0 Å². The number of thiophene rings is 1. The van der Waals surface area contributed by atoms with E-state index in [0.29, 0.717) is 26.3 Å². The number of carbonyl (C=O) groups is 1. The van der Waals surface area contributed by atoms with E-state index in [4.69, 9.17) is 9.47 Å². The summed E-state index contributed by atoms with van der Waals surface area (Å²) in [5.41, 5.74) is 0. The molecule has 3 atom stereocenters. The Morgan fingerprint density at radius 2 is 2.19 bits per heavy atom. The van der Waals surface area contributed by atoms with Crippen LogP contribution in [-0.2, 0) is 14.3 Å². The average Bonchev–Trinajstić information content (AvgIpc) is 3.18. The number of ether oxygens (including phenoxy) is 2. The number of aromatic nitrogens is 2. The second-order valence-electron chi connectivity index (χ2n) is 6.83. The van der Waals surface area contributed by atoms with Crippen molar-refractivity contribution in [3.63, 3.8) is 0 Å². The molecule has 3 heterocycles. The SMILES string of the molecule is CO[C@@H]1CC[C@H](C(=O)N2CCOCC2)C[C@H]1Nc1ncnc2sccc12. The molecule has 1 aliphatic heterocycles. The first-order chi connectivity index (χ1) is 12.8. The molecule has 140 valence electrons. The molecule has 2 aromatic rings. The maximum Gasteiger partial charge on any atom is 0.225 e. The van der Waals surface area contributed by atoms with Crippen molar-refractivity contribution < 1.29 is 14.3 Å². The number of methoxy groups -OCH3 is 1. The minimum atomic E-state index is 0.0248. The number of hydrogen-bond donors (Lipinski definition) is 1. The number of amides is 1. The Morgan fingerprint density at radius 1 is 1.35 bits per heavy atom. The fourth-order valence-electron chi connectivity index (χ4n) is 3.92. The van der Waals surface area contributed by atoms with Gasteiger partial charge in [-0.15, -0.1) is 11.3 Å². The van der Waals surface area contributed by atoms with Crippen molar-refractivity contribution >= 4 is 33.3 Å². The van der Waals surface area contributed by atoms with E-state index < -0.39 is 0 Å². The van der Waals surface area contributed by atoms with Gasteiger partial charge in [0.15, 0.2) is 0 Å². The van der Waals surface area contributed by atoms with Crippen LogP contribution >= 0.6 is 11.3 Å². The maximum atomic E-state index is 12.9. The fraction of sp³-hybridized carbons (Fsp3) is 0.611. The van der Waals surface area contributed by atoms with Crippen LogP contribution in [0.5, 0.6) is 0 Å². The molecule has 0 bridgehead atoms. The summed E-state index contributed by atoms with van der Waals surface area (Å²) < 4.78 is 11.1. The van der Waals surface area contributed by atoms with Gasteiger partial charge in [0, 0.05) is 26.1 Å². The lowest BCUT2D eigenvalue weighted by atomic mass is 9.82. The van der Waals surface area contributed by atoms with Gasteiger partial charge in [-0.3, -0.25) is 4.79 Å². The molecule has 2 aliphatic rings. The van der Waals surface area contributed by atoms with E-state index in [2.05, 4.69) is 15.3 Å². The Labute approximate surface area is 156 Å². The van der Waals surface area contributed by atoms with Gasteiger partial charge in [-0.2, -0.15) is 0 Å². The summed E-state index contributed by atoms with van der Waals surface area (Å²) >= 11 is 1.60. The smallest absolute Gasteiger partial charge is 0.225 e. The van der Waals surface area contributed by atoms with Crippen LogP contribution in [0.1, 0.15) is 19.3 Å². The van der Waals surface area contributed by atoms with Crippen LogP contribution in [0.2, 0.25) is 0 Å². The van der Waals surface area contributed by atoms with Crippen LogP contribution in [0, 0.1) is 5.92 Å². The maximum absolute atomic E-state index is 12.9. The fourth-order valence-corrected chi connectivity index (χ4v) is 4.66. The molecule has 7 nitrogen and oxygen atoms in total. The van der Waals surface area contributed by atoms with Gasteiger partial charge in [0.25, 0.3) is 0 Å². The predicted octanol–water partition coefficient (Wildman–Crippen LogP) is 2.15. The summed E-state index contributed by atoms with van der Waals surface area (Å²) in [4.78, 5) is 24.5. The Hall–Kier alpha value is -1.77. The Kier molecular flexibility index (Phi) is 5.33.